The van der Waals surface area contributed by atoms with Crippen molar-refractivity contribution >= 4 is 16.6 Å². The number of methoxy groups -OCH3 is 1. The first kappa shape index (κ1) is 12.8. The molecule has 20 heavy (non-hydrogen) atoms. The highest BCUT2D eigenvalue weighted by Gasteiger charge is 2.02. The molecule has 2 N–H and O–H groups in total. The normalized spacial score (nSPS) is 10.8. The number of anilines is 1. The zero-order valence-electron chi connectivity index (χ0n) is 11.5. The molecule has 0 aliphatic carbocycles. The van der Waals surface area contributed by atoms with Gasteiger partial charge in [-0.25, -0.2) is 0 Å². The van der Waals surface area contributed by atoms with Gasteiger partial charge in [0.15, 0.2) is 0 Å². The van der Waals surface area contributed by atoms with E-state index in [0.717, 1.165) is 12.2 Å². The summed E-state index contributed by atoms with van der Waals surface area (Å²) in [6.07, 6.45) is 2.07. The number of nitrogens with one attached hydrogen (secondary N) is 2. The third kappa shape index (κ3) is 2.68. The maximum Gasteiger partial charge on any atom is 0.0713 e. The second kappa shape index (κ2) is 5.80. The Morgan fingerprint density at radius 1 is 1.10 bits per heavy atom. The molecule has 3 heteroatoms. The average molecular weight is 266 g/mol. The molecule has 3 aromatic rings. The standard InChI is InChI=1S/C17H18N2O/c1-20-12-13-5-4-6-15(9-13)18-10-14-11-19-17-8-3-2-7-16(14)17/h2-9,11,18-19H,10,12H2,1H3. The maximum absolute atomic E-state index is 5.16. The zero-order valence-corrected chi connectivity index (χ0v) is 11.5. The number of hydrogen-bond donors (Lipinski definition) is 2. The summed E-state index contributed by atoms with van der Waals surface area (Å²) in [7, 11) is 1.71. The molecule has 0 saturated heterocycles. The second-order valence-corrected chi connectivity index (χ2v) is 4.85. The molecule has 0 unspecified atom stereocenters. The summed E-state index contributed by atoms with van der Waals surface area (Å²) >= 11 is 0. The van der Waals surface area contributed by atoms with E-state index in [9.17, 15) is 0 Å². The smallest absolute Gasteiger partial charge is 0.0713 e. The molecule has 3 nitrogen and oxygen atoms in total. The van der Waals surface area contributed by atoms with Gasteiger partial charge in [0, 0.05) is 36.4 Å². The summed E-state index contributed by atoms with van der Waals surface area (Å²) < 4.78 is 5.16. The number of benzene rings is 2. The van der Waals surface area contributed by atoms with Gasteiger partial charge in [-0.1, -0.05) is 30.3 Å². The van der Waals surface area contributed by atoms with Crippen LogP contribution in [0.1, 0.15) is 11.1 Å². The molecule has 0 aliphatic rings. The van der Waals surface area contributed by atoms with Crippen molar-refractivity contribution in [2.45, 2.75) is 13.2 Å². The van der Waals surface area contributed by atoms with Crippen LogP contribution in [0, 0.1) is 0 Å². The summed E-state index contributed by atoms with van der Waals surface area (Å²) in [5.74, 6) is 0. The van der Waals surface area contributed by atoms with Crippen LogP contribution < -0.4 is 5.32 Å². The minimum Gasteiger partial charge on any atom is -0.381 e. The van der Waals surface area contributed by atoms with Gasteiger partial charge in [0.25, 0.3) is 0 Å². The highest BCUT2D eigenvalue weighted by molar-refractivity contribution is 5.83. The third-order valence-corrected chi connectivity index (χ3v) is 3.40. The fourth-order valence-corrected chi connectivity index (χ4v) is 2.41. The van der Waals surface area contributed by atoms with Crippen molar-refractivity contribution in [1.29, 1.82) is 0 Å². The van der Waals surface area contributed by atoms with Gasteiger partial charge in [0.1, 0.15) is 0 Å². The van der Waals surface area contributed by atoms with E-state index in [2.05, 4.69) is 52.9 Å². The minimum absolute atomic E-state index is 0.641. The fourth-order valence-electron chi connectivity index (χ4n) is 2.41. The Kier molecular flexibility index (Phi) is 3.70. The lowest BCUT2D eigenvalue weighted by atomic mass is 10.1. The Hall–Kier alpha value is -2.26. The first-order valence-corrected chi connectivity index (χ1v) is 6.73. The van der Waals surface area contributed by atoms with Gasteiger partial charge in [-0.15, -0.1) is 0 Å². The fraction of sp³-hybridized carbons (Fsp3) is 0.176. The summed E-state index contributed by atoms with van der Waals surface area (Å²) in [4.78, 5) is 3.30. The maximum atomic E-state index is 5.16. The Balaban J connectivity index is 1.74. The number of fused-ring (bicyclic) bond motifs is 1. The van der Waals surface area contributed by atoms with Gasteiger partial charge < -0.3 is 15.0 Å². The van der Waals surface area contributed by atoms with Crippen molar-refractivity contribution in [3.8, 4) is 0 Å². The molecule has 0 aliphatic heterocycles. The van der Waals surface area contributed by atoms with E-state index >= 15 is 0 Å². The Bertz CT molecular complexity index is 703. The lowest BCUT2D eigenvalue weighted by molar-refractivity contribution is 0.185. The largest absolute Gasteiger partial charge is 0.381 e. The molecule has 102 valence electrons. The number of para-hydroxylation sites is 1. The number of aromatic nitrogens is 1. The van der Waals surface area contributed by atoms with Crippen LogP contribution >= 0.6 is 0 Å². The third-order valence-electron chi connectivity index (χ3n) is 3.40. The lowest BCUT2D eigenvalue weighted by Crippen LogP contribution is -1.99. The minimum atomic E-state index is 0.641. The van der Waals surface area contributed by atoms with Gasteiger partial charge in [-0.2, -0.15) is 0 Å². The Morgan fingerprint density at radius 2 is 2.00 bits per heavy atom. The molecule has 0 saturated carbocycles. The Labute approximate surface area is 118 Å². The summed E-state index contributed by atoms with van der Waals surface area (Å²) in [5.41, 5.74) is 4.75. The predicted octanol–water partition coefficient (Wildman–Crippen LogP) is 3.93. The van der Waals surface area contributed by atoms with Crippen LogP contribution in [0.4, 0.5) is 5.69 Å². The van der Waals surface area contributed by atoms with Crippen molar-refractivity contribution < 1.29 is 4.74 Å². The van der Waals surface area contributed by atoms with Crippen molar-refractivity contribution in [3.63, 3.8) is 0 Å². The Morgan fingerprint density at radius 3 is 2.90 bits per heavy atom. The molecule has 1 heterocycles. The van der Waals surface area contributed by atoms with Crippen LogP contribution in [0.15, 0.2) is 54.7 Å². The van der Waals surface area contributed by atoms with Gasteiger partial charge in [0.2, 0.25) is 0 Å². The van der Waals surface area contributed by atoms with Gasteiger partial charge in [-0.3, -0.25) is 0 Å². The van der Waals surface area contributed by atoms with Crippen LogP contribution in [0.2, 0.25) is 0 Å². The SMILES string of the molecule is COCc1cccc(NCc2c[nH]c3ccccc23)c1. The molecule has 0 atom stereocenters. The molecule has 0 radical (unpaired) electrons. The predicted molar refractivity (Wildman–Crippen MR) is 82.8 cm³/mol. The highest BCUT2D eigenvalue weighted by atomic mass is 16.5. The van der Waals surface area contributed by atoms with E-state index in [0.29, 0.717) is 6.61 Å². The summed E-state index contributed by atoms with van der Waals surface area (Å²) in [6, 6.07) is 16.7. The van der Waals surface area contributed by atoms with Crippen molar-refractivity contribution in [3.05, 3.63) is 65.9 Å². The average Bonchev–Trinajstić information content (AvgIpc) is 2.89. The van der Waals surface area contributed by atoms with E-state index in [1.165, 1.54) is 22.0 Å². The number of rotatable bonds is 5. The van der Waals surface area contributed by atoms with Gasteiger partial charge in [-0.05, 0) is 29.3 Å². The number of ether oxygens (including phenoxy) is 1. The number of H-pyrrole nitrogens is 1. The van der Waals surface area contributed by atoms with E-state index in [1.54, 1.807) is 7.11 Å². The van der Waals surface area contributed by atoms with Crippen molar-refractivity contribution in [1.82, 2.24) is 4.98 Å². The molecule has 0 amide bonds. The van der Waals surface area contributed by atoms with E-state index in [-0.39, 0.29) is 0 Å². The van der Waals surface area contributed by atoms with Crippen LogP contribution in [0.25, 0.3) is 10.9 Å². The second-order valence-electron chi connectivity index (χ2n) is 4.85. The summed E-state index contributed by atoms with van der Waals surface area (Å²) in [5, 5.41) is 4.73. The van der Waals surface area contributed by atoms with Crippen LogP contribution in [0.3, 0.4) is 0 Å². The molecule has 3 rings (SSSR count). The van der Waals surface area contributed by atoms with E-state index in [4.69, 9.17) is 4.74 Å². The molecule has 2 aromatic carbocycles. The lowest BCUT2D eigenvalue weighted by Gasteiger charge is -2.07. The molecular weight excluding hydrogens is 248 g/mol. The molecule has 1 aromatic heterocycles. The van der Waals surface area contributed by atoms with E-state index < -0.39 is 0 Å². The molecule has 0 spiro atoms. The quantitative estimate of drug-likeness (QED) is 0.734. The van der Waals surface area contributed by atoms with Gasteiger partial charge in [0.05, 0.1) is 6.61 Å². The zero-order chi connectivity index (χ0) is 13.8. The van der Waals surface area contributed by atoms with Crippen LogP contribution in [-0.4, -0.2) is 12.1 Å². The van der Waals surface area contributed by atoms with E-state index in [1.807, 2.05) is 12.1 Å². The highest BCUT2D eigenvalue weighted by Crippen LogP contribution is 2.19. The summed E-state index contributed by atoms with van der Waals surface area (Å²) in [6.45, 7) is 1.45. The van der Waals surface area contributed by atoms with Crippen LogP contribution in [0.5, 0.6) is 0 Å². The van der Waals surface area contributed by atoms with Crippen LogP contribution in [-0.2, 0) is 17.9 Å². The monoisotopic (exact) mass is 266 g/mol. The first-order valence-electron chi connectivity index (χ1n) is 6.73. The molecule has 0 bridgehead atoms. The van der Waals surface area contributed by atoms with Crippen molar-refractivity contribution in [2.24, 2.45) is 0 Å². The number of aromatic amines is 1. The van der Waals surface area contributed by atoms with Gasteiger partial charge >= 0.3 is 0 Å². The molecular formula is C17H18N2O. The number of hydrogen-bond acceptors (Lipinski definition) is 2. The topological polar surface area (TPSA) is 37.0 Å². The molecule has 0 fully saturated rings. The first-order chi connectivity index (χ1) is 9.86. The van der Waals surface area contributed by atoms with Crippen molar-refractivity contribution in [2.75, 3.05) is 12.4 Å².